The van der Waals surface area contributed by atoms with Gasteiger partial charge in [-0.25, -0.2) is 13.1 Å². The summed E-state index contributed by atoms with van der Waals surface area (Å²) < 4.78 is 28.0. The number of hydrogen-bond acceptors (Lipinski definition) is 4. The zero-order valence-corrected chi connectivity index (χ0v) is 12.7. The van der Waals surface area contributed by atoms with Crippen molar-refractivity contribution in [1.29, 1.82) is 0 Å². The Morgan fingerprint density at radius 3 is 2.95 bits per heavy atom. The number of aromatic nitrogens is 3. The van der Waals surface area contributed by atoms with E-state index in [0.717, 1.165) is 11.5 Å². The predicted octanol–water partition coefficient (Wildman–Crippen LogP) is 1.07. The molecule has 0 aliphatic carbocycles. The molecule has 0 aliphatic heterocycles. The molecule has 0 fully saturated rings. The highest BCUT2D eigenvalue weighted by Gasteiger charge is 2.15. The Morgan fingerprint density at radius 2 is 2.20 bits per heavy atom. The number of nitrogens with zero attached hydrogens (tertiary/aromatic N) is 3. The van der Waals surface area contributed by atoms with Crippen LogP contribution in [0.4, 0.5) is 0 Å². The Kier molecular flexibility index (Phi) is 4.95. The van der Waals surface area contributed by atoms with Crippen LogP contribution in [0.3, 0.4) is 0 Å². The Hall–Kier alpha value is -1.18. The lowest BCUT2D eigenvalue weighted by molar-refractivity contribution is 0.568. The molecule has 0 aliphatic rings. The normalized spacial score (nSPS) is 13.7. The summed E-state index contributed by atoms with van der Waals surface area (Å²) in [6, 6.07) is 5.61. The van der Waals surface area contributed by atoms with Crippen molar-refractivity contribution in [3.63, 3.8) is 0 Å². The van der Waals surface area contributed by atoms with Gasteiger partial charge in [-0.1, -0.05) is 13.0 Å². The van der Waals surface area contributed by atoms with E-state index < -0.39 is 10.0 Å². The second kappa shape index (κ2) is 6.51. The number of nitrogens with one attached hydrogen (secondary N) is 1. The van der Waals surface area contributed by atoms with Crippen LogP contribution in [0.25, 0.3) is 5.65 Å². The molecule has 0 amide bonds. The maximum Gasteiger partial charge on any atom is 0.211 e. The Balaban J connectivity index is 1.93. The zero-order valence-electron chi connectivity index (χ0n) is 11.2. The van der Waals surface area contributed by atoms with Crippen LogP contribution < -0.4 is 4.72 Å². The second-order valence-corrected chi connectivity index (χ2v) is 6.89. The molecule has 1 N–H and O–H groups in total. The molecule has 2 heterocycles. The fourth-order valence-corrected chi connectivity index (χ4v) is 3.49. The van der Waals surface area contributed by atoms with Gasteiger partial charge in [-0.05, 0) is 18.1 Å². The smallest absolute Gasteiger partial charge is 0.211 e. The number of alkyl halides is 1. The first-order chi connectivity index (χ1) is 9.52. The maximum atomic E-state index is 11.8. The summed E-state index contributed by atoms with van der Waals surface area (Å²) in [6.45, 7) is 2.10. The molecule has 8 heteroatoms. The van der Waals surface area contributed by atoms with Gasteiger partial charge in [0.05, 0.1) is 5.75 Å². The molecule has 1 atom stereocenters. The number of halogens is 1. The minimum atomic E-state index is -3.29. The molecular weight excluding hydrogens is 300 g/mol. The Bertz CT molecular complexity index is 671. The van der Waals surface area contributed by atoms with Crippen LogP contribution in [0, 0.1) is 5.92 Å². The third kappa shape index (κ3) is 3.91. The topological polar surface area (TPSA) is 76.4 Å². The molecule has 6 nitrogen and oxygen atoms in total. The summed E-state index contributed by atoms with van der Waals surface area (Å²) in [4.78, 5) is 0. The predicted molar refractivity (Wildman–Crippen MR) is 78.4 cm³/mol. The third-order valence-electron chi connectivity index (χ3n) is 2.82. The highest BCUT2D eigenvalue weighted by molar-refractivity contribution is 7.89. The average Bonchev–Trinajstić information content (AvgIpc) is 2.81. The zero-order chi connectivity index (χ0) is 14.6. The Morgan fingerprint density at radius 1 is 1.40 bits per heavy atom. The van der Waals surface area contributed by atoms with Crippen molar-refractivity contribution in [1.82, 2.24) is 19.3 Å². The molecule has 2 aromatic heterocycles. The van der Waals surface area contributed by atoms with Crippen molar-refractivity contribution in [3.05, 3.63) is 30.2 Å². The number of sulfonamides is 1. The molecule has 0 radical (unpaired) electrons. The van der Waals surface area contributed by atoms with Gasteiger partial charge < -0.3 is 0 Å². The number of fused-ring (bicyclic) bond motifs is 1. The van der Waals surface area contributed by atoms with Crippen molar-refractivity contribution in [2.75, 3.05) is 18.2 Å². The van der Waals surface area contributed by atoms with Crippen LogP contribution in [0.15, 0.2) is 24.4 Å². The average molecular weight is 317 g/mol. The Labute approximate surface area is 123 Å². The summed E-state index contributed by atoms with van der Waals surface area (Å²) in [5.74, 6) is 1.03. The molecule has 2 aromatic rings. The van der Waals surface area contributed by atoms with Crippen molar-refractivity contribution in [2.24, 2.45) is 5.92 Å². The quantitative estimate of drug-likeness (QED) is 0.775. The van der Waals surface area contributed by atoms with E-state index in [2.05, 4.69) is 14.9 Å². The first kappa shape index (κ1) is 15.2. The van der Waals surface area contributed by atoms with Crippen LogP contribution in [0.5, 0.6) is 0 Å². The van der Waals surface area contributed by atoms with E-state index in [1.54, 1.807) is 6.92 Å². The molecule has 0 spiro atoms. The van der Waals surface area contributed by atoms with Gasteiger partial charge in [0.2, 0.25) is 10.0 Å². The molecule has 0 bridgehead atoms. The van der Waals surface area contributed by atoms with Crippen LogP contribution in [0.1, 0.15) is 12.7 Å². The van der Waals surface area contributed by atoms with Crippen molar-refractivity contribution >= 4 is 27.3 Å². The second-order valence-electron chi connectivity index (χ2n) is 4.73. The fraction of sp³-hybridized carbons (Fsp3) is 0.500. The first-order valence-electron chi connectivity index (χ1n) is 6.34. The van der Waals surface area contributed by atoms with Gasteiger partial charge in [-0.3, -0.25) is 4.40 Å². The summed E-state index contributed by atoms with van der Waals surface area (Å²) in [5, 5.41) is 8.06. The van der Waals surface area contributed by atoms with Gasteiger partial charge in [-0.15, -0.1) is 21.8 Å². The lowest BCUT2D eigenvalue weighted by Crippen LogP contribution is -2.31. The molecule has 110 valence electrons. The summed E-state index contributed by atoms with van der Waals surface area (Å²) in [5.41, 5.74) is 0.751. The molecule has 0 aromatic carbocycles. The molecule has 20 heavy (non-hydrogen) atoms. The monoisotopic (exact) mass is 316 g/mol. The largest absolute Gasteiger partial charge is 0.286 e. The van der Waals surface area contributed by atoms with Crippen LogP contribution in [0.2, 0.25) is 0 Å². The van der Waals surface area contributed by atoms with E-state index in [0.29, 0.717) is 18.8 Å². The number of hydrogen-bond donors (Lipinski definition) is 1. The highest BCUT2D eigenvalue weighted by atomic mass is 35.5. The van der Waals surface area contributed by atoms with E-state index in [4.69, 9.17) is 11.6 Å². The van der Waals surface area contributed by atoms with Crippen molar-refractivity contribution in [2.45, 2.75) is 13.3 Å². The van der Waals surface area contributed by atoms with Gasteiger partial charge in [-0.2, -0.15) is 0 Å². The van der Waals surface area contributed by atoms with E-state index in [1.165, 1.54) is 0 Å². The maximum absolute atomic E-state index is 11.8. The SMILES string of the molecule is CC(CCl)CS(=O)(=O)NCCc1nnc2ccccn12. The minimum absolute atomic E-state index is 0.0388. The van der Waals surface area contributed by atoms with E-state index in [9.17, 15) is 8.42 Å². The minimum Gasteiger partial charge on any atom is -0.286 e. The molecule has 0 saturated carbocycles. The fourth-order valence-electron chi connectivity index (χ4n) is 1.86. The standard InChI is InChI=1S/C12H17ClN4O2S/c1-10(8-13)9-20(18,19)14-6-5-12-16-15-11-4-2-3-7-17(11)12/h2-4,7,10,14H,5-6,8-9H2,1H3. The van der Waals surface area contributed by atoms with Crippen LogP contribution in [-0.2, 0) is 16.4 Å². The first-order valence-corrected chi connectivity index (χ1v) is 8.52. The van der Waals surface area contributed by atoms with Crippen molar-refractivity contribution < 1.29 is 8.42 Å². The van der Waals surface area contributed by atoms with Crippen molar-refractivity contribution in [3.8, 4) is 0 Å². The van der Waals surface area contributed by atoms with Crippen LogP contribution >= 0.6 is 11.6 Å². The highest BCUT2D eigenvalue weighted by Crippen LogP contribution is 2.04. The third-order valence-corrected chi connectivity index (χ3v) is 5.00. The summed E-state index contributed by atoms with van der Waals surface area (Å²) in [7, 11) is -3.29. The van der Waals surface area contributed by atoms with Gasteiger partial charge >= 0.3 is 0 Å². The molecule has 0 saturated heterocycles. The molecule has 1 unspecified atom stereocenters. The molecular formula is C12H17ClN4O2S. The lowest BCUT2D eigenvalue weighted by Gasteiger charge is -2.09. The van der Waals surface area contributed by atoms with Crippen LogP contribution in [-0.4, -0.2) is 41.2 Å². The van der Waals surface area contributed by atoms with Gasteiger partial charge in [0.15, 0.2) is 5.65 Å². The summed E-state index contributed by atoms with van der Waals surface area (Å²) >= 11 is 5.62. The summed E-state index contributed by atoms with van der Waals surface area (Å²) in [6.07, 6.45) is 2.34. The van der Waals surface area contributed by atoms with Gasteiger partial charge in [0, 0.05) is 25.0 Å². The van der Waals surface area contributed by atoms with E-state index in [-0.39, 0.29) is 11.7 Å². The van der Waals surface area contributed by atoms with Gasteiger partial charge in [0.25, 0.3) is 0 Å². The van der Waals surface area contributed by atoms with E-state index in [1.807, 2.05) is 28.8 Å². The lowest BCUT2D eigenvalue weighted by atomic mass is 10.3. The number of rotatable bonds is 7. The van der Waals surface area contributed by atoms with Gasteiger partial charge in [0.1, 0.15) is 5.82 Å². The number of pyridine rings is 1. The van der Waals surface area contributed by atoms with E-state index >= 15 is 0 Å². The molecule has 2 rings (SSSR count).